The molecule has 0 radical (unpaired) electrons. The molecule has 1 aliphatic heterocycles. The number of rotatable bonds is 1. The van der Waals surface area contributed by atoms with Crippen LogP contribution in [0.25, 0.3) is 0 Å². The Morgan fingerprint density at radius 1 is 1.64 bits per heavy atom. The number of amides is 2. The fourth-order valence-electron chi connectivity index (χ4n) is 0.783. The maximum Gasteiger partial charge on any atom is 0.222 e. The minimum atomic E-state index is 0.292. The second-order valence-electron chi connectivity index (χ2n) is 2.33. The van der Waals surface area contributed by atoms with Gasteiger partial charge < -0.3 is 10.2 Å². The zero-order valence-electron chi connectivity index (χ0n) is 6.96. The minimum Gasteiger partial charge on any atom is -0.362 e. The van der Waals surface area contributed by atoms with Crippen molar-refractivity contribution in [3.8, 4) is 0 Å². The highest BCUT2D eigenvalue weighted by Gasteiger charge is 2.14. The van der Waals surface area contributed by atoms with E-state index in [1.54, 1.807) is 11.9 Å². The van der Waals surface area contributed by atoms with E-state index < -0.39 is 0 Å². The van der Waals surface area contributed by atoms with Gasteiger partial charge in [-0.15, -0.1) is 0 Å². The molecule has 11 heavy (non-hydrogen) atoms. The first-order chi connectivity index (χ1) is 5.22. The molecule has 1 rings (SSSR count). The third kappa shape index (κ3) is 4.36. The van der Waals surface area contributed by atoms with Gasteiger partial charge in [-0.3, -0.25) is 9.59 Å². The number of likely N-dealkylation sites (tertiary alicyclic amines) is 1. The molecule has 1 aliphatic rings. The van der Waals surface area contributed by atoms with Crippen LogP contribution >= 0.6 is 0 Å². The van der Waals surface area contributed by atoms with Crippen molar-refractivity contribution < 1.29 is 9.59 Å². The molecule has 4 nitrogen and oxygen atoms in total. The van der Waals surface area contributed by atoms with E-state index in [-0.39, 0.29) is 0 Å². The van der Waals surface area contributed by atoms with E-state index in [1.807, 2.05) is 7.05 Å². The van der Waals surface area contributed by atoms with Crippen molar-refractivity contribution in [2.45, 2.75) is 12.8 Å². The van der Waals surface area contributed by atoms with Crippen molar-refractivity contribution >= 4 is 12.3 Å². The molecular weight excluding hydrogens is 144 g/mol. The second kappa shape index (κ2) is 5.70. The van der Waals surface area contributed by atoms with Gasteiger partial charge in [0, 0.05) is 27.1 Å². The molecule has 64 valence electrons. The van der Waals surface area contributed by atoms with Gasteiger partial charge in [-0.1, -0.05) is 0 Å². The average Bonchev–Trinajstić information content (AvgIpc) is 2.37. The van der Waals surface area contributed by atoms with Gasteiger partial charge >= 0.3 is 0 Å². The lowest BCUT2D eigenvalue weighted by molar-refractivity contribution is -0.126. The third-order valence-corrected chi connectivity index (χ3v) is 1.43. The lowest BCUT2D eigenvalue weighted by atomic mass is 10.4. The summed E-state index contributed by atoms with van der Waals surface area (Å²) in [5.74, 6) is 0.292. The highest BCUT2D eigenvalue weighted by atomic mass is 16.2. The zero-order valence-corrected chi connectivity index (χ0v) is 6.96. The first-order valence-electron chi connectivity index (χ1n) is 3.57. The molecule has 0 bridgehead atoms. The summed E-state index contributed by atoms with van der Waals surface area (Å²) in [4.78, 5) is 21.3. The topological polar surface area (TPSA) is 49.4 Å². The predicted octanol–water partition coefficient (Wildman–Crippen LogP) is -0.399. The van der Waals surface area contributed by atoms with Crippen LogP contribution in [0.5, 0.6) is 0 Å². The van der Waals surface area contributed by atoms with E-state index in [4.69, 9.17) is 4.79 Å². The van der Waals surface area contributed by atoms with Gasteiger partial charge in [0.25, 0.3) is 0 Å². The van der Waals surface area contributed by atoms with Crippen LogP contribution in [-0.4, -0.2) is 37.9 Å². The minimum absolute atomic E-state index is 0.292. The molecule has 0 aliphatic carbocycles. The highest BCUT2D eigenvalue weighted by molar-refractivity contribution is 5.77. The number of nitrogens with one attached hydrogen (secondary N) is 1. The monoisotopic (exact) mass is 158 g/mol. The van der Waals surface area contributed by atoms with Crippen molar-refractivity contribution in [1.82, 2.24) is 10.2 Å². The molecule has 1 fully saturated rings. The Labute approximate surface area is 66.6 Å². The first-order valence-corrected chi connectivity index (χ1v) is 3.57. The molecule has 0 aromatic heterocycles. The fraction of sp³-hybridized carbons (Fsp3) is 0.714. The van der Waals surface area contributed by atoms with Crippen LogP contribution in [0.15, 0.2) is 0 Å². The molecular formula is C7H14N2O2. The average molecular weight is 158 g/mol. The smallest absolute Gasteiger partial charge is 0.222 e. The SMILES string of the molecule is CN1CCCC1=O.CNC=O. The van der Waals surface area contributed by atoms with Crippen LogP contribution in [0.2, 0.25) is 0 Å². The lowest BCUT2D eigenvalue weighted by Crippen LogP contribution is -2.17. The fourth-order valence-corrected chi connectivity index (χ4v) is 0.783. The molecule has 0 saturated carbocycles. The van der Waals surface area contributed by atoms with Crippen molar-refractivity contribution in [3.63, 3.8) is 0 Å². The summed E-state index contributed by atoms with van der Waals surface area (Å²) in [6, 6.07) is 0. The number of nitrogens with zero attached hydrogens (tertiary/aromatic N) is 1. The molecule has 1 heterocycles. The largest absolute Gasteiger partial charge is 0.362 e. The van der Waals surface area contributed by atoms with Crippen LogP contribution in [0, 0.1) is 0 Å². The molecule has 0 aromatic rings. The van der Waals surface area contributed by atoms with Gasteiger partial charge in [0.1, 0.15) is 0 Å². The van der Waals surface area contributed by atoms with Crippen molar-refractivity contribution in [2.75, 3.05) is 20.6 Å². The molecule has 0 spiro atoms. The number of hydrogen-bond donors (Lipinski definition) is 1. The quantitative estimate of drug-likeness (QED) is 0.528. The second-order valence-corrected chi connectivity index (χ2v) is 2.33. The molecule has 1 saturated heterocycles. The Hall–Kier alpha value is -1.06. The highest BCUT2D eigenvalue weighted by Crippen LogP contribution is 2.04. The van der Waals surface area contributed by atoms with Gasteiger partial charge in [-0.2, -0.15) is 0 Å². The van der Waals surface area contributed by atoms with Crippen LogP contribution in [0.1, 0.15) is 12.8 Å². The summed E-state index contributed by atoms with van der Waals surface area (Å²) in [6.07, 6.45) is 2.44. The maximum absolute atomic E-state index is 10.5. The Balaban J connectivity index is 0.000000218. The van der Waals surface area contributed by atoms with Crippen LogP contribution in [-0.2, 0) is 9.59 Å². The van der Waals surface area contributed by atoms with Crippen molar-refractivity contribution in [2.24, 2.45) is 0 Å². The summed E-state index contributed by atoms with van der Waals surface area (Å²) >= 11 is 0. The first kappa shape index (κ1) is 9.94. The van der Waals surface area contributed by atoms with Gasteiger partial charge in [-0.05, 0) is 6.42 Å². The summed E-state index contributed by atoms with van der Waals surface area (Å²) in [5, 5.41) is 2.25. The summed E-state index contributed by atoms with van der Waals surface area (Å²) < 4.78 is 0. The Kier molecular flexibility index (Phi) is 5.15. The summed E-state index contributed by atoms with van der Waals surface area (Å²) in [5.41, 5.74) is 0. The van der Waals surface area contributed by atoms with E-state index in [9.17, 15) is 4.79 Å². The van der Waals surface area contributed by atoms with Gasteiger partial charge in [-0.25, -0.2) is 0 Å². The summed E-state index contributed by atoms with van der Waals surface area (Å²) in [7, 11) is 3.41. The molecule has 0 unspecified atom stereocenters. The van der Waals surface area contributed by atoms with E-state index in [0.29, 0.717) is 12.3 Å². The van der Waals surface area contributed by atoms with Gasteiger partial charge in [0.05, 0.1) is 0 Å². The molecule has 1 N–H and O–H groups in total. The Bertz CT molecular complexity index is 136. The van der Waals surface area contributed by atoms with Crippen LogP contribution in [0.3, 0.4) is 0 Å². The molecule has 0 atom stereocenters. The number of carbonyl (C=O) groups excluding carboxylic acids is 2. The van der Waals surface area contributed by atoms with Gasteiger partial charge in [0.2, 0.25) is 12.3 Å². The van der Waals surface area contributed by atoms with Crippen LogP contribution in [0.4, 0.5) is 0 Å². The molecule has 2 amide bonds. The van der Waals surface area contributed by atoms with E-state index in [0.717, 1.165) is 19.4 Å². The lowest BCUT2D eigenvalue weighted by Gasteiger charge is -2.03. The number of hydrogen-bond acceptors (Lipinski definition) is 2. The zero-order chi connectivity index (χ0) is 8.69. The Morgan fingerprint density at radius 2 is 2.18 bits per heavy atom. The standard InChI is InChI=1S/C5H9NO.C2H5NO/c1-6-4-2-3-5(6)7;1-3-2-4/h2-4H2,1H3;2H,1H3,(H,3,4). The van der Waals surface area contributed by atoms with E-state index in [1.165, 1.54) is 0 Å². The predicted molar refractivity (Wildman–Crippen MR) is 42.0 cm³/mol. The third-order valence-electron chi connectivity index (χ3n) is 1.43. The van der Waals surface area contributed by atoms with Crippen molar-refractivity contribution in [1.29, 1.82) is 0 Å². The van der Waals surface area contributed by atoms with Crippen LogP contribution < -0.4 is 5.32 Å². The normalized spacial score (nSPS) is 15.5. The van der Waals surface area contributed by atoms with E-state index >= 15 is 0 Å². The molecule has 0 aromatic carbocycles. The summed E-state index contributed by atoms with van der Waals surface area (Å²) in [6.45, 7) is 0.957. The van der Waals surface area contributed by atoms with Gasteiger partial charge in [0.15, 0.2) is 0 Å². The Morgan fingerprint density at radius 3 is 2.27 bits per heavy atom. The maximum atomic E-state index is 10.5. The molecule has 4 heteroatoms. The number of carbonyl (C=O) groups is 2. The van der Waals surface area contributed by atoms with E-state index in [2.05, 4.69) is 5.32 Å². The van der Waals surface area contributed by atoms with Crippen molar-refractivity contribution in [3.05, 3.63) is 0 Å².